The summed E-state index contributed by atoms with van der Waals surface area (Å²) in [6.07, 6.45) is 3.38. The zero-order valence-corrected chi connectivity index (χ0v) is 15.6. The quantitative estimate of drug-likeness (QED) is 0.691. The summed E-state index contributed by atoms with van der Waals surface area (Å²) < 4.78 is 6.67. The average Bonchev–Trinajstić information content (AvgIpc) is 3.33. The third-order valence-corrected chi connectivity index (χ3v) is 4.84. The van der Waals surface area contributed by atoms with E-state index in [1.54, 1.807) is 17.9 Å². The molecule has 0 saturated carbocycles. The molecule has 2 heterocycles. The Morgan fingerprint density at radius 2 is 2.14 bits per heavy atom. The Morgan fingerprint density at radius 3 is 2.79 bits per heavy atom. The van der Waals surface area contributed by atoms with Crippen LogP contribution in [0.4, 0.5) is 0 Å². The van der Waals surface area contributed by atoms with Gasteiger partial charge in [-0.1, -0.05) is 22.4 Å². The molecule has 2 aromatic heterocycles. The first-order valence-electron chi connectivity index (χ1n) is 8.87. The van der Waals surface area contributed by atoms with Crippen LogP contribution < -0.4 is 5.32 Å². The molecule has 10 heteroatoms. The molecular formula is C18H16B3N5O2. The van der Waals surface area contributed by atoms with Crippen LogP contribution in [0.15, 0.2) is 28.9 Å². The SMILES string of the molecule is [B]C([B])([B])c1nc(-c2ccc3c(c2)CC[C@H]3NC(=O)c2cn(C)nc2C)no1. The fourth-order valence-electron chi connectivity index (χ4n) is 3.48. The minimum Gasteiger partial charge on any atom is -0.345 e. The van der Waals surface area contributed by atoms with E-state index in [4.69, 9.17) is 28.1 Å². The Hall–Kier alpha value is -2.77. The summed E-state index contributed by atoms with van der Waals surface area (Å²) in [7, 11) is 18.5. The molecule has 134 valence electrons. The van der Waals surface area contributed by atoms with Gasteiger partial charge in [0, 0.05) is 18.8 Å². The molecule has 0 aliphatic heterocycles. The van der Waals surface area contributed by atoms with Crippen molar-refractivity contribution in [2.24, 2.45) is 7.05 Å². The topological polar surface area (TPSA) is 85.8 Å². The fourth-order valence-corrected chi connectivity index (χ4v) is 3.48. The van der Waals surface area contributed by atoms with Crippen molar-refractivity contribution in [1.82, 2.24) is 25.2 Å². The number of fused-ring (bicyclic) bond motifs is 1. The van der Waals surface area contributed by atoms with Gasteiger partial charge in [0.1, 0.15) is 0 Å². The van der Waals surface area contributed by atoms with Crippen LogP contribution >= 0.6 is 0 Å². The molecule has 4 rings (SSSR count). The number of aromatic nitrogens is 4. The predicted octanol–water partition coefficient (Wildman–Crippen LogP) is 0.812. The van der Waals surface area contributed by atoms with Crippen molar-refractivity contribution >= 4 is 29.4 Å². The predicted molar refractivity (Wildman–Crippen MR) is 105 cm³/mol. The summed E-state index contributed by atoms with van der Waals surface area (Å²) >= 11 is 0. The monoisotopic (exact) mass is 367 g/mol. The first kappa shape index (κ1) is 18.6. The van der Waals surface area contributed by atoms with Crippen LogP contribution in [0.2, 0.25) is 0 Å². The van der Waals surface area contributed by atoms with E-state index < -0.39 is 5.11 Å². The van der Waals surface area contributed by atoms with E-state index in [9.17, 15) is 4.79 Å². The van der Waals surface area contributed by atoms with E-state index in [1.807, 2.05) is 25.1 Å². The van der Waals surface area contributed by atoms with Gasteiger partial charge in [-0.3, -0.25) is 9.48 Å². The van der Waals surface area contributed by atoms with Gasteiger partial charge in [0.25, 0.3) is 5.91 Å². The minimum absolute atomic E-state index is 0.0417. The molecule has 6 radical (unpaired) electrons. The van der Waals surface area contributed by atoms with Crippen molar-refractivity contribution in [2.75, 3.05) is 0 Å². The van der Waals surface area contributed by atoms with Gasteiger partial charge in [-0.2, -0.15) is 10.1 Å². The number of hydrogen-bond donors (Lipinski definition) is 1. The van der Waals surface area contributed by atoms with Crippen LogP contribution in [0.3, 0.4) is 0 Å². The van der Waals surface area contributed by atoms with Crippen molar-refractivity contribution in [1.29, 1.82) is 0 Å². The van der Waals surface area contributed by atoms with Crippen LogP contribution in [0.25, 0.3) is 11.4 Å². The molecule has 0 unspecified atom stereocenters. The second-order valence-electron chi connectivity index (χ2n) is 7.14. The second-order valence-corrected chi connectivity index (χ2v) is 7.14. The largest absolute Gasteiger partial charge is 0.345 e. The maximum absolute atomic E-state index is 12.6. The maximum Gasteiger partial charge on any atom is 0.255 e. The number of benzene rings is 1. The standard InChI is InChI=1S/C18H16B3N5O2/c1-9-13(8-26(2)24-9)16(27)22-14-6-4-10-7-11(3-5-12(10)14)15-23-17(28-25-15)18(19,20)21/h3,5,7-8,14H,4,6H2,1-2H3,(H,22,27)/t14-/m1/s1. The summed E-state index contributed by atoms with van der Waals surface area (Å²) in [6, 6.07) is 5.77. The van der Waals surface area contributed by atoms with E-state index in [1.165, 1.54) is 0 Å². The van der Waals surface area contributed by atoms with E-state index in [-0.39, 0.29) is 17.8 Å². The summed E-state index contributed by atoms with van der Waals surface area (Å²) in [4.78, 5) is 16.8. The molecule has 0 fully saturated rings. The van der Waals surface area contributed by atoms with Crippen molar-refractivity contribution in [3.8, 4) is 11.4 Å². The highest BCUT2D eigenvalue weighted by atomic mass is 16.5. The van der Waals surface area contributed by atoms with Gasteiger partial charge in [0.2, 0.25) is 11.7 Å². The number of carbonyl (C=O) groups is 1. The van der Waals surface area contributed by atoms with Gasteiger partial charge in [0.05, 0.1) is 40.8 Å². The number of amides is 1. The van der Waals surface area contributed by atoms with E-state index in [0.717, 1.165) is 29.5 Å². The van der Waals surface area contributed by atoms with Crippen LogP contribution in [0, 0.1) is 6.92 Å². The van der Waals surface area contributed by atoms with Crippen LogP contribution in [-0.4, -0.2) is 49.4 Å². The normalized spacial score (nSPS) is 16.1. The van der Waals surface area contributed by atoms with Gasteiger partial charge >= 0.3 is 0 Å². The van der Waals surface area contributed by atoms with E-state index in [0.29, 0.717) is 17.1 Å². The highest BCUT2D eigenvalue weighted by molar-refractivity contribution is 6.58. The molecule has 0 bridgehead atoms. The van der Waals surface area contributed by atoms with Crippen LogP contribution in [0.5, 0.6) is 0 Å². The molecule has 1 aromatic carbocycles. The zero-order valence-electron chi connectivity index (χ0n) is 15.6. The van der Waals surface area contributed by atoms with Crippen molar-refractivity contribution < 1.29 is 9.32 Å². The van der Waals surface area contributed by atoms with Crippen LogP contribution in [-0.2, 0) is 18.6 Å². The molecule has 1 aliphatic carbocycles. The second kappa shape index (κ2) is 6.69. The van der Waals surface area contributed by atoms with Gasteiger partial charge < -0.3 is 9.84 Å². The summed E-state index contributed by atoms with van der Waals surface area (Å²) in [6.45, 7) is 1.82. The average molecular weight is 367 g/mol. The minimum atomic E-state index is -1.68. The molecule has 1 atom stereocenters. The summed E-state index contributed by atoms with van der Waals surface area (Å²) in [5, 5.41) is 9.53. The lowest BCUT2D eigenvalue weighted by molar-refractivity contribution is 0.0936. The van der Waals surface area contributed by atoms with Gasteiger partial charge in [-0.25, -0.2) is 0 Å². The molecule has 1 aliphatic rings. The summed E-state index contributed by atoms with van der Waals surface area (Å²) in [5.41, 5.74) is 4.26. The Balaban J connectivity index is 1.54. The Bertz CT molecular complexity index is 1050. The number of rotatable bonds is 4. The molecule has 1 amide bonds. The van der Waals surface area contributed by atoms with Crippen LogP contribution in [0.1, 0.15) is 45.5 Å². The molecule has 0 spiro atoms. The molecule has 0 saturated heterocycles. The lowest BCUT2D eigenvalue weighted by Crippen LogP contribution is -2.27. The van der Waals surface area contributed by atoms with Crippen molar-refractivity contribution in [3.05, 3.63) is 52.7 Å². The van der Waals surface area contributed by atoms with Crippen molar-refractivity contribution in [2.45, 2.75) is 30.9 Å². The third kappa shape index (κ3) is 3.39. The van der Waals surface area contributed by atoms with Gasteiger partial charge in [-0.05, 0) is 37.0 Å². The third-order valence-electron chi connectivity index (χ3n) is 4.84. The first-order valence-corrected chi connectivity index (χ1v) is 8.87. The molecule has 28 heavy (non-hydrogen) atoms. The highest BCUT2D eigenvalue weighted by Crippen LogP contribution is 2.34. The van der Waals surface area contributed by atoms with Gasteiger partial charge in [-0.15, -0.1) is 0 Å². The molecule has 7 nitrogen and oxygen atoms in total. The number of nitrogens with one attached hydrogen (secondary N) is 1. The number of aryl methyl sites for hydroxylation is 3. The lowest BCUT2D eigenvalue weighted by atomic mass is 9.42. The first-order chi connectivity index (χ1) is 13.2. The highest BCUT2D eigenvalue weighted by Gasteiger charge is 2.27. The lowest BCUT2D eigenvalue weighted by Gasteiger charge is -2.14. The molecule has 3 aromatic rings. The zero-order chi connectivity index (χ0) is 20.1. The smallest absolute Gasteiger partial charge is 0.255 e. The molecule has 1 N–H and O–H groups in total. The number of carbonyl (C=O) groups excluding carboxylic acids is 1. The Kier molecular flexibility index (Phi) is 4.44. The Morgan fingerprint density at radius 1 is 1.36 bits per heavy atom. The maximum atomic E-state index is 12.6. The fraction of sp³-hybridized carbons (Fsp3) is 0.333. The number of hydrogen-bond acceptors (Lipinski definition) is 5. The molecular weight excluding hydrogens is 351 g/mol. The van der Waals surface area contributed by atoms with E-state index in [2.05, 4.69) is 20.6 Å². The van der Waals surface area contributed by atoms with Crippen molar-refractivity contribution in [3.63, 3.8) is 0 Å². The van der Waals surface area contributed by atoms with E-state index >= 15 is 0 Å². The Labute approximate surface area is 166 Å². The summed E-state index contributed by atoms with van der Waals surface area (Å²) in [5.74, 6) is 0.197. The van der Waals surface area contributed by atoms with Gasteiger partial charge in [0.15, 0.2) is 0 Å². The number of nitrogens with zero attached hydrogens (tertiary/aromatic N) is 4.